The third-order valence-corrected chi connectivity index (χ3v) is 5.18. The van der Waals surface area contributed by atoms with Crippen LogP contribution in [0.1, 0.15) is 6.92 Å². The molecule has 6 heteroatoms. The second-order valence-electron chi connectivity index (χ2n) is 4.59. The molecule has 2 aromatic carbocycles. The number of nitrogens with one attached hydrogen (secondary N) is 1. The molecule has 1 N–H and O–H groups in total. The maximum atomic E-state index is 12.7. The molecule has 0 atom stereocenters. The van der Waals surface area contributed by atoms with Gasteiger partial charge < -0.3 is 0 Å². The summed E-state index contributed by atoms with van der Waals surface area (Å²) in [6, 6.07) is 14.8. The van der Waals surface area contributed by atoms with Crippen LogP contribution >= 0.6 is 0 Å². The van der Waals surface area contributed by atoms with Crippen LogP contribution in [0.4, 0.5) is 5.69 Å². The largest absolute Gasteiger partial charge is 0.281 e. The van der Waals surface area contributed by atoms with Gasteiger partial charge in [-0.15, -0.1) is 0 Å². The van der Waals surface area contributed by atoms with Crippen LogP contribution in [-0.2, 0) is 10.0 Å². The van der Waals surface area contributed by atoms with Crippen molar-refractivity contribution in [1.29, 1.82) is 0 Å². The Bertz CT molecular complexity index is 852. The zero-order valence-electron chi connectivity index (χ0n) is 11.5. The van der Waals surface area contributed by atoms with Crippen LogP contribution in [0, 0.1) is 0 Å². The fourth-order valence-electron chi connectivity index (χ4n) is 2.40. The number of sulfonamides is 1. The average Bonchev–Trinajstić information content (AvgIpc) is 3.03. The van der Waals surface area contributed by atoms with Crippen molar-refractivity contribution in [3.05, 3.63) is 54.7 Å². The summed E-state index contributed by atoms with van der Waals surface area (Å²) in [5.41, 5.74) is 0.671. The monoisotopic (exact) mass is 301 g/mol. The van der Waals surface area contributed by atoms with Gasteiger partial charge >= 0.3 is 0 Å². The molecule has 1 heterocycles. The minimum Gasteiger partial charge on any atom is -0.266 e. The van der Waals surface area contributed by atoms with E-state index in [1.165, 1.54) is 16.6 Å². The first-order valence-electron chi connectivity index (χ1n) is 6.64. The van der Waals surface area contributed by atoms with E-state index in [4.69, 9.17) is 0 Å². The number of benzene rings is 2. The summed E-state index contributed by atoms with van der Waals surface area (Å²) in [4.78, 5) is 0. The Hall–Kier alpha value is -2.34. The molecule has 0 bridgehead atoms. The van der Waals surface area contributed by atoms with Crippen LogP contribution in [0.5, 0.6) is 0 Å². The highest BCUT2D eigenvalue weighted by Gasteiger charge is 2.25. The molecular weight excluding hydrogens is 286 g/mol. The Morgan fingerprint density at radius 1 is 1.10 bits per heavy atom. The van der Waals surface area contributed by atoms with E-state index in [0.717, 1.165) is 10.8 Å². The first-order valence-corrected chi connectivity index (χ1v) is 8.08. The van der Waals surface area contributed by atoms with Gasteiger partial charge in [0, 0.05) is 11.9 Å². The SMILES string of the molecule is CCN(c1cccc2ccccc12)S(=O)(=O)c1ccn[nH]1. The molecule has 5 nitrogen and oxygen atoms in total. The normalized spacial score (nSPS) is 11.7. The highest BCUT2D eigenvalue weighted by Crippen LogP contribution is 2.30. The third-order valence-electron chi connectivity index (χ3n) is 3.37. The van der Waals surface area contributed by atoms with Crippen molar-refractivity contribution in [2.45, 2.75) is 11.9 Å². The fourth-order valence-corrected chi connectivity index (χ4v) is 3.80. The molecule has 0 aliphatic carbocycles. The lowest BCUT2D eigenvalue weighted by molar-refractivity contribution is 0.588. The van der Waals surface area contributed by atoms with Crippen molar-refractivity contribution in [2.75, 3.05) is 10.8 Å². The van der Waals surface area contributed by atoms with Gasteiger partial charge in [-0.2, -0.15) is 13.5 Å². The summed E-state index contributed by atoms with van der Waals surface area (Å²) in [5, 5.41) is 8.27. The molecule has 0 spiro atoms. The van der Waals surface area contributed by atoms with Gasteiger partial charge in [-0.25, -0.2) is 0 Å². The fraction of sp³-hybridized carbons (Fsp3) is 0.133. The lowest BCUT2D eigenvalue weighted by atomic mass is 10.1. The lowest BCUT2D eigenvalue weighted by Crippen LogP contribution is -2.31. The summed E-state index contributed by atoms with van der Waals surface area (Å²) in [6.45, 7) is 2.16. The molecule has 108 valence electrons. The van der Waals surface area contributed by atoms with Crippen LogP contribution < -0.4 is 4.31 Å². The first-order chi connectivity index (χ1) is 10.1. The smallest absolute Gasteiger partial charge is 0.266 e. The zero-order valence-corrected chi connectivity index (χ0v) is 12.3. The van der Waals surface area contributed by atoms with Gasteiger partial charge in [0.2, 0.25) is 0 Å². The number of H-pyrrole nitrogens is 1. The van der Waals surface area contributed by atoms with E-state index in [9.17, 15) is 8.42 Å². The molecule has 0 unspecified atom stereocenters. The predicted molar refractivity (Wildman–Crippen MR) is 82.7 cm³/mol. The van der Waals surface area contributed by atoms with E-state index < -0.39 is 10.0 Å². The van der Waals surface area contributed by atoms with Gasteiger partial charge in [0.1, 0.15) is 0 Å². The summed E-state index contributed by atoms with van der Waals surface area (Å²) < 4.78 is 26.8. The first kappa shape index (κ1) is 13.6. The van der Waals surface area contributed by atoms with E-state index in [1.807, 2.05) is 49.4 Å². The highest BCUT2D eigenvalue weighted by molar-refractivity contribution is 7.92. The van der Waals surface area contributed by atoms with Crippen molar-refractivity contribution in [3.8, 4) is 0 Å². The predicted octanol–water partition coefficient (Wildman–Crippen LogP) is 2.78. The molecule has 0 aliphatic rings. The minimum absolute atomic E-state index is 0.0947. The van der Waals surface area contributed by atoms with Gasteiger partial charge in [-0.1, -0.05) is 36.4 Å². The average molecular weight is 301 g/mol. The maximum absolute atomic E-state index is 12.7. The number of fused-ring (bicyclic) bond motifs is 1. The topological polar surface area (TPSA) is 66.1 Å². The molecule has 3 rings (SSSR count). The van der Waals surface area contributed by atoms with E-state index in [0.29, 0.717) is 12.2 Å². The minimum atomic E-state index is -3.64. The summed E-state index contributed by atoms with van der Waals surface area (Å²) in [6.07, 6.45) is 1.43. The van der Waals surface area contributed by atoms with Crippen LogP contribution in [0.25, 0.3) is 10.8 Å². The number of anilines is 1. The summed E-state index contributed by atoms with van der Waals surface area (Å²) >= 11 is 0. The number of rotatable bonds is 4. The second-order valence-corrected chi connectivity index (χ2v) is 6.42. The van der Waals surface area contributed by atoms with Crippen molar-refractivity contribution < 1.29 is 8.42 Å². The van der Waals surface area contributed by atoms with Crippen molar-refractivity contribution in [3.63, 3.8) is 0 Å². The summed E-state index contributed by atoms with van der Waals surface area (Å²) in [7, 11) is -3.64. The number of hydrogen-bond acceptors (Lipinski definition) is 3. The highest BCUT2D eigenvalue weighted by atomic mass is 32.2. The van der Waals surface area contributed by atoms with Gasteiger partial charge in [-0.3, -0.25) is 9.40 Å². The molecule has 0 amide bonds. The summed E-state index contributed by atoms with van der Waals surface area (Å²) in [5.74, 6) is 0. The Morgan fingerprint density at radius 3 is 2.57 bits per heavy atom. The standard InChI is InChI=1S/C15H15N3O2S/c1-2-18(21(19,20)15-10-11-16-17-15)14-9-5-7-12-6-3-4-8-13(12)14/h3-11H,2H2,1H3,(H,16,17). The lowest BCUT2D eigenvalue weighted by Gasteiger charge is -2.23. The molecule has 1 aromatic heterocycles. The van der Waals surface area contributed by atoms with Gasteiger partial charge in [0.15, 0.2) is 5.03 Å². The molecule has 0 fully saturated rings. The van der Waals surface area contributed by atoms with Crippen molar-refractivity contribution in [1.82, 2.24) is 10.2 Å². The van der Waals surface area contributed by atoms with Crippen LogP contribution in [0.15, 0.2) is 59.8 Å². The Kier molecular flexibility index (Phi) is 3.39. The quantitative estimate of drug-likeness (QED) is 0.806. The zero-order chi connectivity index (χ0) is 14.9. The van der Waals surface area contributed by atoms with E-state index in [2.05, 4.69) is 10.2 Å². The molecule has 3 aromatic rings. The van der Waals surface area contributed by atoms with Crippen molar-refractivity contribution in [2.24, 2.45) is 0 Å². The van der Waals surface area contributed by atoms with Gasteiger partial charge in [0.25, 0.3) is 10.0 Å². The Labute approximate surface area is 123 Å². The Balaban J connectivity index is 2.20. The number of aromatic amines is 1. The number of aromatic nitrogens is 2. The number of hydrogen-bond donors (Lipinski definition) is 1. The van der Waals surface area contributed by atoms with Crippen LogP contribution in [0.2, 0.25) is 0 Å². The second kappa shape index (κ2) is 5.21. The molecule has 0 aliphatic heterocycles. The van der Waals surface area contributed by atoms with Gasteiger partial charge in [-0.05, 0) is 24.4 Å². The van der Waals surface area contributed by atoms with E-state index in [1.54, 1.807) is 0 Å². The molecular formula is C15H15N3O2S. The molecule has 0 radical (unpaired) electrons. The van der Waals surface area contributed by atoms with Crippen LogP contribution in [-0.4, -0.2) is 25.2 Å². The molecule has 21 heavy (non-hydrogen) atoms. The Morgan fingerprint density at radius 2 is 1.86 bits per heavy atom. The van der Waals surface area contributed by atoms with E-state index >= 15 is 0 Å². The molecule has 0 saturated heterocycles. The van der Waals surface area contributed by atoms with E-state index in [-0.39, 0.29) is 5.03 Å². The van der Waals surface area contributed by atoms with Gasteiger partial charge in [0.05, 0.1) is 11.9 Å². The third kappa shape index (κ3) is 2.27. The number of nitrogens with zero attached hydrogens (tertiary/aromatic N) is 2. The van der Waals surface area contributed by atoms with Crippen LogP contribution in [0.3, 0.4) is 0 Å². The van der Waals surface area contributed by atoms with Crippen molar-refractivity contribution >= 4 is 26.5 Å². The maximum Gasteiger partial charge on any atom is 0.281 e. The molecule has 0 saturated carbocycles.